The number of halogens is 1. The van der Waals surface area contributed by atoms with E-state index in [-0.39, 0.29) is 17.2 Å². The van der Waals surface area contributed by atoms with Gasteiger partial charge >= 0.3 is 0 Å². The second-order valence-electron chi connectivity index (χ2n) is 11.8. The Morgan fingerprint density at radius 1 is 1.05 bits per heavy atom. The SMILES string of the molecule is CC(C)(C)[C@@H]1CCc2c(sc(N=C3C(=O)N(Cc4ccccc4)c4ccc(Br)cc43)c2C(=O)Nc2ccccc2)C1. The van der Waals surface area contributed by atoms with Gasteiger partial charge in [0, 0.05) is 20.6 Å². The Labute approximate surface area is 253 Å². The molecule has 5 nitrogen and oxygen atoms in total. The van der Waals surface area contributed by atoms with Gasteiger partial charge in [0.2, 0.25) is 0 Å². The van der Waals surface area contributed by atoms with Crippen LogP contribution in [0.5, 0.6) is 0 Å². The molecule has 0 fully saturated rings. The van der Waals surface area contributed by atoms with E-state index in [4.69, 9.17) is 4.99 Å². The van der Waals surface area contributed by atoms with E-state index >= 15 is 0 Å². The van der Waals surface area contributed by atoms with E-state index in [1.54, 1.807) is 16.2 Å². The Kier molecular flexibility index (Phi) is 7.43. The zero-order chi connectivity index (χ0) is 28.7. The number of amides is 2. The molecule has 1 N–H and O–H groups in total. The number of hydrogen-bond acceptors (Lipinski definition) is 4. The highest BCUT2D eigenvalue weighted by Gasteiger charge is 2.37. The molecule has 2 heterocycles. The zero-order valence-electron chi connectivity index (χ0n) is 23.4. The minimum Gasteiger partial charge on any atom is -0.322 e. The largest absolute Gasteiger partial charge is 0.322 e. The van der Waals surface area contributed by atoms with E-state index in [1.807, 2.05) is 78.9 Å². The molecule has 41 heavy (non-hydrogen) atoms. The van der Waals surface area contributed by atoms with Gasteiger partial charge in [-0.3, -0.25) is 9.59 Å². The van der Waals surface area contributed by atoms with Crippen LogP contribution in [-0.2, 0) is 24.2 Å². The molecule has 1 aromatic heterocycles. The van der Waals surface area contributed by atoms with E-state index < -0.39 is 0 Å². The molecule has 1 atom stereocenters. The molecular weight excluding hydrogens is 594 g/mol. The predicted molar refractivity (Wildman–Crippen MR) is 172 cm³/mol. The first-order valence-corrected chi connectivity index (χ1v) is 15.6. The van der Waals surface area contributed by atoms with Crippen LogP contribution in [0.15, 0.2) is 88.3 Å². The Hall–Kier alpha value is -3.55. The minimum absolute atomic E-state index is 0.157. The molecule has 208 valence electrons. The van der Waals surface area contributed by atoms with Gasteiger partial charge in [-0.2, -0.15) is 0 Å². The Bertz CT molecular complexity index is 1650. The van der Waals surface area contributed by atoms with E-state index in [1.165, 1.54) is 4.88 Å². The molecule has 7 heteroatoms. The second-order valence-corrected chi connectivity index (χ2v) is 13.8. The van der Waals surface area contributed by atoms with Gasteiger partial charge in [-0.05, 0) is 72.1 Å². The topological polar surface area (TPSA) is 61.8 Å². The number of nitrogens with one attached hydrogen (secondary N) is 1. The number of para-hydroxylation sites is 1. The fourth-order valence-corrected chi connectivity index (χ4v) is 7.42. The summed E-state index contributed by atoms with van der Waals surface area (Å²) in [4.78, 5) is 35.8. The number of carbonyl (C=O) groups is 2. The summed E-state index contributed by atoms with van der Waals surface area (Å²) in [6.07, 6.45) is 2.76. The van der Waals surface area contributed by atoms with Gasteiger partial charge in [-0.1, -0.05) is 85.2 Å². The molecular formula is C34H32BrN3O2S. The number of carbonyl (C=O) groups excluding carboxylic acids is 2. The summed E-state index contributed by atoms with van der Waals surface area (Å²) in [6, 6.07) is 25.3. The number of hydrogen-bond donors (Lipinski definition) is 1. The lowest BCUT2D eigenvalue weighted by molar-refractivity contribution is -0.112. The molecule has 0 radical (unpaired) electrons. The highest BCUT2D eigenvalue weighted by atomic mass is 79.9. The maximum Gasteiger partial charge on any atom is 0.277 e. The summed E-state index contributed by atoms with van der Waals surface area (Å²) < 4.78 is 0.874. The highest BCUT2D eigenvalue weighted by molar-refractivity contribution is 9.10. The van der Waals surface area contributed by atoms with Crippen molar-refractivity contribution >= 4 is 61.2 Å². The van der Waals surface area contributed by atoms with Gasteiger partial charge in [-0.25, -0.2) is 4.99 Å². The number of rotatable bonds is 5. The summed E-state index contributed by atoms with van der Waals surface area (Å²) >= 11 is 5.15. The third kappa shape index (κ3) is 5.53. The summed E-state index contributed by atoms with van der Waals surface area (Å²) in [5.74, 6) is 0.184. The Morgan fingerprint density at radius 3 is 2.46 bits per heavy atom. The van der Waals surface area contributed by atoms with Crippen LogP contribution >= 0.6 is 27.3 Å². The van der Waals surface area contributed by atoms with Gasteiger partial charge in [0.15, 0.2) is 0 Å². The first-order valence-electron chi connectivity index (χ1n) is 13.9. The van der Waals surface area contributed by atoms with Gasteiger partial charge < -0.3 is 10.2 Å². The lowest BCUT2D eigenvalue weighted by Crippen LogP contribution is -2.29. The van der Waals surface area contributed by atoms with Crippen molar-refractivity contribution in [2.45, 2.75) is 46.6 Å². The number of thiophene rings is 1. The molecule has 3 aromatic carbocycles. The van der Waals surface area contributed by atoms with Crippen LogP contribution in [0.3, 0.4) is 0 Å². The standard InChI is InChI=1S/C34H32BrN3O2S/c1-34(2,3)22-14-16-25-28(18-22)41-32(29(25)31(39)36-24-12-8-5-9-13-24)37-30-26-19-23(35)15-17-27(26)38(33(30)40)20-21-10-6-4-7-11-21/h4-13,15,17,19,22H,14,16,18,20H2,1-3H3,(H,36,39)/t22-/m1/s1. The van der Waals surface area contributed by atoms with Crippen molar-refractivity contribution in [2.24, 2.45) is 16.3 Å². The van der Waals surface area contributed by atoms with Crippen LogP contribution in [-0.4, -0.2) is 17.5 Å². The van der Waals surface area contributed by atoms with Crippen LogP contribution < -0.4 is 10.2 Å². The summed E-state index contributed by atoms with van der Waals surface area (Å²) in [6.45, 7) is 7.30. The first kappa shape index (κ1) is 27.6. The van der Waals surface area contributed by atoms with E-state index in [0.29, 0.717) is 28.7 Å². The van der Waals surface area contributed by atoms with Gasteiger partial charge in [-0.15, -0.1) is 11.3 Å². The molecule has 0 saturated heterocycles. The van der Waals surface area contributed by atoms with Crippen molar-refractivity contribution in [3.05, 3.63) is 110 Å². The molecule has 0 unspecified atom stereocenters. The summed E-state index contributed by atoms with van der Waals surface area (Å²) in [5.41, 5.74) is 5.59. The van der Waals surface area contributed by atoms with Gasteiger partial charge in [0.25, 0.3) is 11.8 Å². The normalized spacial score (nSPS) is 17.5. The maximum absolute atomic E-state index is 14.0. The van der Waals surface area contributed by atoms with Crippen LogP contribution in [0.25, 0.3) is 0 Å². The average molecular weight is 627 g/mol. The van der Waals surface area contributed by atoms with Crippen molar-refractivity contribution < 1.29 is 9.59 Å². The number of nitrogens with zero attached hydrogens (tertiary/aromatic N) is 2. The van der Waals surface area contributed by atoms with Crippen LogP contribution in [0.1, 0.15) is 59.1 Å². The van der Waals surface area contributed by atoms with Crippen molar-refractivity contribution in [3.63, 3.8) is 0 Å². The third-order valence-corrected chi connectivity index (χ3v) is 9.72. The first-order chi connectivity index (χ1) is 19.7. The quantitative estimate of drug-likeness (QED) is 0.241. The van der Waals surface area contributed by atoms with Crippen LogP contribution in [0, 0.1) is 11.3 Å². The number of fused-ring (bicyclic) bond motifs is 2. The summed E-state index contributed by atoms with van der Waals surface area (Å²) in [5, 5.41) is 3.68. The average Bonchev–Trinajstić information content (AvgIpc) is 3.43. The Morgan fingerprint density at radius 2 is 1.76 bits per heavy atom. The Balaban J connectivity index is 1.45. The van der Waals surface area contributed by atoms with Crippen LogP contribution in [0.4, 0.5) is 16.4 Å². The molecule has 0 saturated carbocycles. The van der Waals surface area contributed by atoms with E-state index in [9.17, 15) is 9.59 Å². The molecule has 6 rings (SSSR count). The smallest absolute Gasteiger partial charge is 0.277 e. The maximum atomic E-state index is 14.0. The highest BCUT2D eigenvalue weighted by Crippen LogP contribution is 2.46. The molecule has 0 spiro atoms. The number of aliphatic imine (C=N–C) groups is 1. The lowest BCUT2D eigenvalue weighted by atomic mass is 9.72. The fourth-order valence-electron chi connectivity index (χ4n) is 5.76. The fraction of sp³-hybridized carbons (Fsp3) is 0.265. The minimum atomic E-state index is -0.177. The van der Waals surface area contributed by atoms with Crippen molar-refractivity contribution in [2.75, 3.05) is 10.2 Å². The van der Waals surface area contributed by atoms with Gasteiger partial charge in [0.05, 0.1) is 17.8 Å². The zero-order valence-corrected chi connectivity index (χ0v) is 25.8. The van der Waals surface area contributed by atoms with Crippen molar-refractivity contribution in [3.8, 4) is 0 Å². The molecule has 0 bridgehead atoms. The van der Waals surface area contributed by atoms with Crippen molar-refractivity contribution in [1.29, 1.82) is 0 Å². The number of anilines is 2. The van der Waals surface area contributed by atoms with E-state index in [0.717, 1.165) is 51.8 Å². The van der Waals surface area contributed by atoms with Gasteiger partial charge in [0.1, 0.15) is 10.7 Å². The monoisotopic (exact) mass is 625 g/mol. The molecule has 2 amide bonds. The third-order valence-electron chi connectivity index (χ3n) is 8.08. The molecule has 4 aromatic rings. The molecule has 1 aliphatic heterocycles. The predicted octanol–water partition coefficient (Wildman–Crippen LogP) is 8.58. The summed E-state index contributed by atoms with van der Waals surface area (Å²) in [7, 11) is 0. The number of benzene rings is 3. The van der Waals surface area contributed by atoms with Crippen molar-refractivity contribution in [1.82, 2.24) is 0 Å². The second kappa shape index (κ2) is 11.0. The lowest BCUT2D eigenvalue weighted by Gasteiger charge is -2.33. The van der Waals surface area contributed by atoms with Crippen LogP contribution in [0.2, 0.25) is 0 Å². The molecule has 2 aliphatic rings. The molecule has 1 aliphatic carbocycles. The van der Waals surface area contributed by atoms with E-state index in [2.05, 4.69) is 42.0 Å².